The summed E-state index contributed by atoms with van der Waals surface area (Å²) in [7, 11) is 1.40. The Morgan fingerprint density at radius 3 is 2.40 bits per heavy atom. The van der Waals surface area contributed by atoms with E-state index in [4.69, 9.17) is 9.47 Å². The first-order chi connectivity index (χ1) is 22.2. The third-order valence-electron chi connectivity index (χ3n) is 12.8. The number of fused-ring (bicyclic) bond motifs is 5. The Morgan fingerprint density at radius 2 is 1.79 bits per heavy atom. The number of carbonyl (C=O) groups excluding carboxylic acids is 1. The molecular formula is C36H53NO11. The van der Waals surface area contributed by atoms with Crippen LogP contribution in [0.15, 0.2) is 23.8 Å². The zero-order chi connectivity index (χ0) is 35.6. The van der Waals surface area contributed by atoms with Crippen molar-refractivity contribution in [2.75, 3.05) is 7.11 Å². The molecule has 0 radical (unpaired) electrons. The number of carbonyl (C=O) groups is 1. The largest absolute Gasteiger partial charge is 0.496 e. The summed E-state index contributed by atoms with van der Waals surface area (Å²) in [4.78, 5) is 25.2. The van der Waals surface area contributed by atoms with Crippen LogP contribution >= 0.6 is 0 Å². The minimum atomic E-state index is -1.54. The number of hydrogen-bond acceptors (Lipinski definition) is 11. The minimum absolute atomic E-state index is 0.165. The minimum Gasteiger partial charge on any atom is -0.496 e. The second kappa shape index (κ2) is 12.7. The number of ether oxygens (including phenoxy) is 2. The Labute approximate surface area is 281 Å². The normalized spacial score (nSPS) is 36.7. The molecule has 0 saturated heterocycles. The molecule has 1 aromatic carbocycles. The summed E-state index contributed by atoms with van der Waals surface area (Å²) in [6, 6.07) is 2.69. The highest BCUT2D eigenvalue weighted by Crippen LogP contribution is 2.68. The molecule has 48 heavy (non-hydrogen) atoms. The number of aliphatic hydroxyl groups excluding tert-OH is 3. The molecule has 0 spiro atoms. The molecule has 6 N–H and O–H groups in total. The predicted octanol–water partition coefficient (Wildman–Crippen LogP) is 3.49. The summed E-state index contributed by atoms with van der Waals surface area (Å²) in [5.41, 5.74) is -4.54. The number of hydrogen-bond donors (Lipinski definition) is 6. The molecule has 0 heterocycles. The van der Waals surface area contributed by atoms with Crippen LogP contribution in [0.3, 0.4) is 0 Å². The number of methoxy groups -OCH3 is 1. The Bertz CT molecular complexity index is 1450. The van der Waals surface area contributed by atoms with Gasteiger partial charge in [0.05, 0.1) is 65.9 Å². The van der Waals surface area contributed by atoms with Crippen molar-refractivity contribution in [3.63, 3.8) is 0 Å². The van der Waals surface area contributed by atoms with Crippen LogP contribution < -0.4 is 4.74 Å². The van der Waals surface area contributed by atoms with Gasteiger partial charge in [0.15, 0.2) is 5.78 Å². The summed E-state index contributed by atoms with van der Waals surface area (Å²) >= 11 is 0. The standard InChI is InChI=1S/C36H53NO11/c1-32(2,42)10-9-31(41)35(5,43)30-8-12-36(44)23-15-26(39)24-16-29(27(40)17-33(24,3)22(23)7-11-34(30,36)4)48-19-21-14-28(47-6)20(18-38)13-25(21)37(45)46/h13-15,22,24,27,29-31,38,40-44H,7-12,16-19H2,1-6H3/t22?,24?,27-,29+,30?,31+,33+,34+,35+,36+/m0/s1. The molecule has 0 bridgehead atoms. The molecule has 4 aliphatic carbocycles. The summed E-state index contributed by atoms with van der Waals surface area (Å²) < 4.78 is 11.4. The van der Waals surface area contributed by atoms with Gasteiger partial charge in [-0.05, 0) is 107 Å². The maximum absolute atomic E-state index is 13.9. The number of allylic oxidation sites excluding steroid dienone is 1. The van der Waals surface area contributed by atoms with E-state index >= 15 is 0 Å². The van der Waals surface area contributed by atoms with E-state index in [-0.39, 0.29) is 60.1 Å². The second-order valence-corrected chi connectivity index (χ2v) is 16.2. The van der Waals surface area contributed by atoms with Crippen LogP contribution in [0.25, 0.3) is 0 Å². The van der Waals surface area contributed by atoms with Gasteiger partial charge in [-0.15, -0.1) is 0 Å². The third kappa shape index (κ3) is 6.01. The number of nitro groups is 1. The van der Waals surface area contributed by atoms with E-state index in [0.717, 1.165) is 0 Å². The van der Waals surface area contributed by atoms with Gasteiger partial charge in [0.2, 0.25) is 0 Å². The zero-order valence-electron chi connectivity index (χ0n) is 28.9. The zero-order valence-corrected chi connectivity index (χ0v) is 28.9. The van der Waals surface area contributed by atoms with Gasteiger partial charge in [0.1, 0.15) is 5.75 Å². The SMILES string of the molecule is COc1cc(CO[C@@H]2CC3C(=O)C=C4C(CC[C@]5(C)C([C@@](C)(O)[C@H](O)CCC(C)(C)O)CC[C@@]45O)[C@@]3(C)C[C@@H]2O)c([N+](=O)[O-])cc1CO. The van der Waals surface area contributed by atoms with E-state index < -0.39 is 69.3 Å². The fraction of sp³-hybridized carbons (Fsp3) is 0.750. The topological polar surface area (TPSA) is 200 Å². The second-order valence-electron chi connectivity index (χ2n) is 16.2. The van der Waals surface area contributed by atoms with Crippen molar-refractivity contribution in [2.45, 2.75) is 134 Å². The Balaban J connectivity index is 1.37. The lowest BCUT2D eigenvalue weighted by Gasteiger charge is -2.61. The van der Waals surface area contributed by atoms with E-state index in [0.29, 0.717) is 37.7 Å². The van der Waals surface area contributed by atoms with Crippen LogP contribution in [0.4, 0.5) is 5.69 Å². The molecule has 4 aliphatic rings. The van der Waals surface area contributed by atoms with Crippen LogP contribution in [0.2, 0.25) is 0 Å². The van der Waals surface area contributed by atoms with Gasteiger partial charge in [0, 0.05) is 23.0 Å². The highest BCUT2D eigenvalue weighted by molar-refractivity contribution is 5.95. The number of benzene rings is 1. The molecule has 268 valence electrons. The lowest BCUT2D eigenvalue weighted by atomic mass is 9.45. The molecule has 0 aromatic heterocycles. The third-order valence-corrected chi connectivity index (χ3v) is 12.8. The number of aliphatic hydroxyl groups is 6. The summed E-state index contributed by atoms with van der Waals surface area (Å²) in [6.45, 7) is 8.21. The van der Waals surface area contributed by atoms with Gasteiger partial charge in [-0.2, -0.15) is 0 Å². The molecule has 0 amide bonds. The van der Waals surface area contributed by atoms with E-state index in [9.17, 15) is 45.5 Å². The molecule has 12 nitrogen and oxygen atoms in total. The number of ketones is 1. The molecular weight excluding hydrogens is 622 g/mol. The van der Waals surface area contributed by atoms with Crippen molar-refractivity contribution in [1.29, 1.82) is 0 Å². The first-order valence-corrected chi connectivity index (χ1v) is 17.1. The highest BCUT2D eigenvalue weighted by Gasteiger charge is 2.69. The van der Waals surface area contributed by atoms with Crippen LogP contribution in [0, 0.1) is 38.7 Å². The lowest BCUT2D eigenvalue weighted by molar-refractivity contribution is -0.386. The monoisotopic (exact) mass is 675 g/mol. The van der Waals surface area contributed by atoms with Crippen molar-refractivity contribution in [1.82, 2.24) is 0 Å². The fourth-order valence-electron chi connectivity index (χ4n) is 9.94. The van der Waals surface area contributed by atoms with Crippen molar-refractivity contribution in [3.8, 4) is 5.75 Å². The van der Waals surface area contributed by atoms with Gasteiger partial charge in [0.25, 0.3) is 5.69 Å². The van der Waals surface area contributed by atoms with Gasteiger partial charge in [-0.25, -0.2) is 0 Å². The summed E-state index contributed by atoms with van der Waals surface area (Å²) in [5.74, 6) is -1.05. The smallest absolute Gasteiger partial charge is 0.275 e. The average Bonchev–Trinajstić information content (AvgIpc) is 3.29. The molecule has 1 aromatic rings. The molecule has 3 unspecified atom stereocenters. The van der Waals surface area contributed by atoms with E-state index in [1.54, 1.807) is 26.8 Å². The highest BCUT2D eigenvalue weighted by atomic mass is 16.6. The Kier molecular flexibility index (Phi) is 9.75. The van der Waals surface area contributed by atoms with Crippen LogP contribution in [-0.2, 0) is 22.7 Å². The quantitative estimate of drug-likeness (QED) is 0.148. The van der Waals surface area contributed by atoms with Gasteiger partial charge >= 0.3 is 0 Å². The average molecular weight is 676 g/mol. The van der Waals surface area contributed by atoms with E-state index in [1.165, 1.54) is 19.2 Å². The molecule has 0 aliphatic heterocycles. The first kappa shape index (κ1) is 36.8. The fourth-order valence-corrected chi connectivity index (χ4v) is 9.94. The van der Waals surface area contributed by atoms with Crippen molar-refractivity contribution in [3.05, 3.63) is 45.0 Å². The van der Waals surface area contributed by atoms with Crippen molar-refractivity contribution < 1.29 is 49.8 Å². The lowest BCUT2D eigenvalue weighted by Crippen LogP contribution is -2.63. The van der Waals surface area contributed by atoms with E-state index in [1.807, 2.05) is 13.8 Å². The van der Waals surface area contributed by atoms with Gasteiger partial charge in [-0.1, -0.05) is 13.8 Å². The van der Waals surface area contributed by atoms with Crippen LogP contribution in [-0.4, -0.2) is 83.6 Å². The van der Waals surface area contributed by atoms with E-state index in [2.05, 4.69) is 0 Å². The Morgan fingerprint density at radius 1 is 1.10 bits per heavy atom. The van der Waals surface area contributed by atoms with Crippen LogP contribution in [0.1, 0.15) is 97.1 Å². The van der Waals surface area contributed by atoms with Gasteiger partial charge in [-0.3, -0.25) is 14.9 Å². The number of nitro benzene ring substituents is 1. The predicted molar refractivity (Wildman–Crippen MR) is 175 cm³/mol. The van der Waals surface area contributed by atoms with Crippen molar-refractivity contribution >= 4 is 11.5 Å². The first-order valence-electron chi connectivity index (χ1n) is 17.1. The molecule has 5 rings (SSSR count). The molecule has 3 fully saturated rings. The summed E-state index contributed by atoms with van der Waals surface area (Å²) in [5, 5.41) is 78.4. The Hall–Kier alpha value is -2.45. The number of nitrogens with zero attached hydrogens (tertiary/aromatic N) is 1. The summed E-state index contributed by atoms with van der Waals surface area (Å²) in [6.07, 6.45) is 1.60. The van der Waals surface area contributed by atoms with Crippen molar-refractivity contribution in [2.24, 2.45) is 28.6 Å². The molecule has 12 heteroatoms. The molecule has 3 saturated carbocycles. The maximum atomic E-state index is 13.9. The maximum Gasteiger partial charge on any atom is 0.275 e. The number of rotatable bonds is 11. The van der Waals surface area contributed by atoms with Gasteiger partial charge < -0.3 is 40.1 Å². The van der Waals surface area contributed by atoms with Crippen LogP contribution in [0.5, 0.6) is 5.75 Å². The molecule has 10 atom stereocenters.